The lowest BCUT2D eigenvalue weighted by molar-refractivity contribution is 0.627. The molecule has 2 rings (SSSR count). The van der Waals surface area contributed by atoms with Gasteiger partial charge in [0.15, 0.2) is 5.11 Å². The van der Waals surface area contributed by atoms with E-state index in [1.54, 1.807) is 16.8 Å². The maximum absolute atomic E-state index is 12.8. The Balaban J connectivity index is 1.94. The highest BCUT2D eigenvalue weighted by Crippen LogP contribution is 2.18. The molecular formula is C14H17FN4S. The van der Waals surface area contributed by atoms with Gasteiger partial charge in [-0.2, -0.15) is 5.10 Å². The molecule has 0 bridgehead atoms. The van der Waals surface area contributed by atoms with Gasteiger partial charge in [0.05, 0.1) is 17.1 Å². The van der Waals surface area contributed by atoms with Gasteiger partial charge < -0.3 is 10.6 Å². The summed E-state index contributed by atoms with van der Waals surface area (Å²) in [6, 6.07) is 6.32. The van der Waals surface area contributed by atoms with E-state index in [4.69, 9.17) is 12.2 Å². The van der Waals surface area contributed by atoms with Gasteiger partial charge >= 0.3 is 0 Å². The number of nitrogens with one attached hydrogen (secondary N) is 2. The third-order valence-electron chi connectivity index (χ3n) is 3.11. The van der Waals surface area contributed by atoms with Crippen molar-refractivity contribution in [3.05, 3.63) is 47.0 Å². The number of anilines is 1. The van der Waals surface area contributed by atoms with Crippen LogP contribution in [0.15, 0.2) is 24.3 Å². The van der Waals surface area contributed by atoms with Crippen molar-refractivity contribution in [3.63, 3.8) is 0 Å². The van der Waals surface area contributed by atoms with Crippen LogP contribution >= 0.6 is 12.2 Å². The number of nitrogens with zero attached hydrogens (tertiary/aromatic N) is 2. The fraction of sp³-hybridized carbons (Fsp3) is 0.286. The van der Waals surface area contributed by atoms with Crippen molar-refractivity contribution in [2.45, 2.75) is 20.4 Å². The minimum atomic E-state index is -0.240. The zero-order valence-corrected chi connectivity index (χ0v) is 12.5. The zero-order valence-electron chi connectivity index (χ0n) is 11.7. The molecule has 0 spiro atoms. The number of benzene rings is 1. The summed E-state index contributed by atoms with van der Waals surface area (Å²) in [4.78, 5) is 0. The molecule has 0 saturated carbocycles. The molecule has 4 nitrogen and oxygen atoms in total. The molecule has 1 heterocycles. The van der Waals surface area contributed by atoms with Crippen LogP contribution in [-0.2, 0) is 13.6 Å². The van der Waals surface area contributed by atoms with Crippen LogP contribution in [0.2, 0.25) is 0 Å². The Morgan fingerprint density at radius 3 is 2.50 bits per heavy atom. The van der Waals surface area contributed by atoms with Crippen molar-refractivity contribution < 1.29 is 4.39 Å². The number of halogens is 1. The molecule has 0 fully saturated rings. The summed E-state index contributed by atoms with van der Waals surface area (Å²) in [6.07, 6.45) is 0. The summed E-state index contributed by atoms with van der Waals surface area (Å²) in [5.41, 5.74) is 3.81. The minimum absolute atomic E-state index is 0.240. The fourth-order valence-electron chi connectivity index (χ4n) is 1.90. The predicted octanol–water partition coefficient (Wildman–Crippen LogP) is 2.66. The Morgan fingerprint density at radius 1 is 1.30 bits per heavy atom. The van der Waals surface area contributed by atoms with Crippen molar-refractivity contribution in [2.75, 3.05) is 5.32 Å². The molecule has 6 heteroatoms. The molecule has 2 N–H and O–H groups in total. The lowest BCUT2D eigenvalue weighted by Gasteiger charge is -2.11. The molecular weight excluding hydrogens is 275 g/mol. The molecule has 2 aromatic rings. The molecule has 0 aliphatic heterocycles. The third kappa shape index (κ3) is 3.33. The van der Waals surface area contributed by atoms with E-state index in [2.05, 4.69) is 15.7 Å². The normalized spacial score (nSPS) is 10.4. The summed E-state index contributed by atoms with van der Waals surface area (Å²) < 4.78 is 14.6. The van der Waals surface area contributed by atoms with Gasteiger partial charge in [0.1, 0.15) is 5.82 Å². The molecule has 0 unspecified atom stereocenters. The summed E-state index contributed by atoms with van der Waals surface area (Å²) in [5.74, 6) is -0.240. The van der Waals surface area contributed by atoms with E-state index in [1.807, 2.05) is 20.9 Å². The first-order chi connectivity index (χ1) is 9.47. The molecule has 106 valence electrons. The first kappa shape index (κ1) is 14.5. The molecule has 1 aromatic heterocycles. The van der Waals surface area contributed by atoms with E-state index in [9.17, 15) is 4.39 Å². The first-order valence-electron chi connectivity index (χ1n) is 6.27. The van der Waals surface area contributed by atoms with E-state index in [0.29, 0.717) is 11.7 Å². The van der Waals surface area contributed by atoms with Crippen LogP contribution < -0.4 is 10.6 Å². The number of aryl methyl sites for hydroxylation is 2. The average Bonchev–Trinajstić information content (AvgIpc) is 2.65. The summed E-state index contributed by atoms with van der Waals surface area (Å²) in [6.45, 7) is 4.45. The Labute approximate surface area is 123 Å². The van der Waals surface area contributed by atoms with Crippen molar-refractivity contribution >= 4 is 23.0 Å². The number of hydrogen-bond acceptors (Lipinski definition) is 2. The Morgan fingerprint density at radius 2 is 1.95 bits per heavy atom. The smallest absolute Gasteiger partial charge is 0.171 e. The quantitative estimate of drug-likeness (QED) is 0.854. The van der Waals surface area contributed by atoms with E-state index in [1.165, 1.54) is 12.1 Å². The van der Waals surface area contributed by atoms with Crippen molar-refractivity contribution in [1.82, 2.24) is 15.1 Å². The average molecular weight is 292 g/mol. The zero-order chi connectivity index (χ0) is 14.7. The van der Waals surface area contributed by atoms with Gasteiger partial charge in [-0.3, -0.25) is 4.68 Å². The molecule has 0 saturated heterocycles. The van der Waals surface area contributed by atoms with Crippen LogP contribution in [0.25, 0.3) is 0 Å². The van der Waals surface area contributed by atoms with Gasteiger partial charge in [0, 0.05) is 13.6 Å². The highest BCUT2D eigenvalue weighted by molar-refractivity contribution is 7.80. The van der Waals surface area contributed by atoms with Crippen LogP contribution in [0.3, 0.4) is 0 Å². The largest absolute Gasteiger partial charge is 0.358 e. The summed E-state index contributed by atoms with van der Waals surface area (Å²) in [5, 5.41) is 11.1. The van der Waals surface area contributed by atoms with Gasteiger partial charge in [-0.1, -0.05) is 12.1 Å². The second-order valence-electron chi connectivity index (χ2n) is 4.60. The van der Waals surface area contributed by atoms with Crippen molar-refractivity contribution in [3.8, 4) is 0 Å². The van der Waals surface area contributed by atoms with Gasteiger partial charge in [-0.15, -0.1) is 0 Å². The van der Waals surface area contributed by atoms with Crippen LogP contribution in [0.1, 0.15) is 17.0 Å². The van der Waals surface area contributed by atoms with E-state index in [-0.39, 0.29) is 5.82 Å². The SMILES string of the molecule is Cc1nn(C)c(C)c1NC(=S)NCc1ccc(F)cc1. The molecule has 0 aliphatic carbocycles. The second kappa shape index (κ2) is 6.00. The lowest BCUT2D eigenvalue weighted by Crippen LogP contribution is -2.28. The van der Waals surface area contributed by atoms with Crippen LogP contribution in [0.4, 0.5) is 10.1 Å². The minimum Gasteiger partial charge on any atom is -0.358 e. The van der Waals surface area contributed by atoms with Crippen LogP contribution in [-0.4, -0.2) is 14.9 Å². The highest BCUT2D eigenvalue weighted by atomic mass is 32.1. The Bertz CT molecular complexity index is 619. The molecule has 0 radical (unpaired) electrons. The second-order valence-corrected chi connectivity index (χ2v) is 5.01. The third-order valence-corrected chi connectivity index (χ3v) is 3.36. The summed E-state index contributed by atoms with van der Waals surface area (Å²) >= 11 is 5.26. The predicted molar refractivity (Wildman–Crippen MR) is 82.1 cm³/mol. The number of rotatable bonds is 3. The first-order valence-corrected chi connectivity index (χ1v) is 6.67. The molecule has 0 amide bonds. The number of hydrogen-bond donors (Lipinski definition) is 2. The maximum atomic E-state index is 12.8. The highest BCUT2D eigenvalue weighted by Gasteiger charge is 2.10. The summed E-state index contributed by atoms with van der Waals surface area (Å²) in [7, 11) is 1.89. The van der Waals surface area contributed by atoms with Gasteiger partial charge in [0.2, 0.25) is 0 Å². The van der Waals surface area contributed by atoms with E-state index < -0.39 is 0 Å². The topological polar surface area (TPSA) is 41.9 Å². The maximum Gasteiger partial charge on any atom is 0.171 e. The Kier molecular flexibility index (Phi) is 4.34. The van der Waals surface area contributed by atoms with Crippen LogP contribution in [0.5, 0.6) is 0 Å². The van der Waals surface area contributed by atoms with Crippen molar-refractivity contribution in [1.29, 1.82) is 0 Å². The van der Waals surface area contributed by atoms with Gasteiger partial charge in [-0.25, -0.2) is 4.39 Å². The standard InChI is InChI=1S/C14H17FN4S/c1-9-13(10(2)19(3)18-9)17-14(20)16-8-11-4-6-12(15)7-5-11/h4-7H,8H2,1-3H3,(H2,16,17,20). The molecule has 1 aromatic carbocycles. The molecule has 20 heavy (non-hydrogen) atoms. The van der Waals surface area contributed by atoms with Crippen molar-refractivity contribution in [2.24, 2.45) is 7.05 Å². The van der Waals surface area contributed by atoms with Gasteiger partial charge in [-0.05, 0) is 43.8 Å². The van der Waals surface area contributed by atoms with Crippen LogP contribution in [0, 0.1) is 19.7 Å². The lowest BCUT2D eigenvalue weighted by atomic mass is 10.2. The molecule has 0 atom stereocenters. The molecule has 0 aliphatic rings. The number of aromatic nitrogens is 2. The fourth-order valence-corrected chi connectivity index (χ4v) is 2.07. The van der Waals surface area contributed by atoms with Gasteiger partial charge in [0.25, 0.3) is 0 Å². The van der Waals surface area contributed by atoms with E-state index >= 15 is 0 Å². The monoisotopic (exact) mass is 292 g/mol. The number of thiocarbonyl (C=S) groups is 1. The Hall–Kier alpha value is -1.95. The van der Waals surface area contributed by atoms with E-state index in [0.717, 1.165) is 22.6 Å².